The lowest BCUT2D eigenvalue weighted by Crippen LogP contribution is -2.39. The fraction of sp³-hybridized carbons (Fsp3) is 0.500. The number of nitrogens with two attached hydrogens (primary N) is 1. The predicted octanol–water partition coefficient (Wildman–Crippen LogP) is 1.31. The van der Waals surface area contributed by atoms with Gasteiger partial charge in [-0.2, -0.15) is 0 Å². The molecule has 0 aromatic heterocycles. The summed E-state index contributed by atoms with van der Waals surface area (Å²) in [5.41, 5.74) is 7.11. The topological polar surface area (TPSA) is 38.0 Å². The van der Waals surface area contributed by atoms with Gasteiger partial charge in [0, 0.05) is 18.6 Å². The average Bonchev–Trinajstić information content (AvgIpc) is 3.02. The van der Waals surface area contributed by atoms with Gasteiger partial charge in [0.15, 0.2) is 0 Å². The molecule has 1 unspecified atom stereocenters. The van der Waals surface area contributed by atoms with Crippen molar-refractivity contribution in [1.82, 2.24) is 5.32 Å². The highest BCUT2D eigenvalue weighted by atomic mass is 15.0. The van der Waals surface area contributed by atoms with Gasteiger partial charge in [-0.1, -0.05) is 30.3 Å². The van der Waals surface area contributed by atoms with Crippen molar-refractivity contribution in [3.63, 3.8) is 0 Å². The van der Waals surface area contributed by atoms with Crippen molar-refractivity contribution < 1.29 is 0 Å². The number of rotatable bonds is 5. The molecule has 3 N–H and O–H groups in total. The molecule has 1 saturated carbocycles. The van der Waals surface area contributed by atoms with Gasteiger partial charge in [0.25, 0.3) is 0 Å². The Bertz CT molecular complexity index is 267. The Labute approximate surface area is 85.5 Å². The highest BCUT2D eigenvalue weighted by Gasteiger charge is 2.23. The van der Waals surface area contributed by atoms with E-state index < -0.39 is 0 Å². The van der Waals surface area contributed by atoms with Crippen LogP contribution in [0.15, 0.2) is 30.3 Å². The van der Waals surface area contributed by atoms with Crippen LogP contribution in [-0.4, -0.2) is 18.6 Å². The molecule has 2 heteroatoms. The molecule has 1 aromatic carbocycles. The summed E-state index contributed by atoms with van der Waals surface area (Å²) in [6.45, 7) is 0.728. The van der Waals surface area contributed by atoms with E-state index in [2.05, 4.69) is 35.6 Å². The monoisotopic (exact) mass is 190 g/mol. The lowest BCUT2D eigenvalue weighted by molar-refractivity contribution is 0.513. The zero-order valence-electron chi connectivity index (χ0n) is 8.45. The zero-order valence-corrected chi connectivity index (χ0v) is 8.45. The van der Waals surface area contributed by atoms with E-state index in [1.54, 1.807) is 0 Å². The molecule has 0 aliphatic heterocycles. The quantitative estimate of drug-likeness (QED) is 0.734. The van der Waals surface area contributed by atoms with Crippen LogP contribution in [0.1, 0.15) is 18.4 Å². The van der Waals surface area contributed by atoms with E-state index in [1.807, 2.05) is 0 Å². The van der Waals surface area contributed by atoms with E-state index in [4.69, 9.17) is 5.73 Å². The van der Waals surface area contributed by atoms with Crippen LogP contribution in [0.4, 0.5) is 0 Å². The summed E-state index contributed by atoms with van der Waals surface area (Å²) in [6, 6.07) is 11.7. The van der Waals surface area contributed by atoms with Gasteiger partial charge in [-0.05, 0) is 24.8 Å². The van der Waals surface area contributed by atoms with Crippen molar-refractivity contribution in [1.29, 1.82) is 0 Å². The Balaban J connectivity index is 1.87. The number of hydrogen-bond donors (Lipinski definition) is 2. The molecule has 0 bridgehead atoms. The Morgan fingerprint density at radius 3 is 2.57 bits per heavy atom. The molecule has 1 aromatic rings. The van der Waals surface area contributed by atoms with Crippen molar-refractivity contribution in [3.8, 4) is 0 Å². The molecule has 0 radical (unpaired) electrons. The summed E-state index contributed by atoms with van der Waals surface area (Å²) >= 11 is 0. The molecule has 1 aliphatic carbocycles. The maximum Gasteiger partial charge on any atom is 0.0233 e. The molecular weight excluding hydrogens is 172 g/mol. The predicted molar refractivity (Wildman–Crippen MR) is 59.1 cm³/mol. The molecule has 0 spiro atoms. The highest BCUT2D eigenvalue weighted by Crippen LogP contribution is 2.19. The van der Waals surface area contributed by atoms with Crippen LogP contribution in [0.5, 0.6) is 0 Å². The summed E-state index contributed by atoms with van der Waals surface area (Å²) in [6.07, 6.45) is 3.70. The Hall–Kier alpha value is -0.860. The largest absolute Gasteiger partial charge is 0.329 e. The molecule has 1 fully saturated rings. The first-order valence-corrected chi connectivity index (χ1v) is 5.38. The van der Waals surface area contributed by atoms with E-state index in [-0.39, 0.29) is 0 Å². The van der Waals surface area contributed by atoms with E-state index in [9.17, 15) is 0 Å². The van der Waals surface area contributed by atoms with Gasteiger partial charge in [0.1, 0.15) is 0 Å². The van der Waals surface area contributed by atoms with Gasteiger partial charge in [-0.25, -0.2) is 0 Å². The van der Waals surface area contributed by atoms with Gasteiger partial charge in [0.2, 0.25) is 0 Å². The van der Waals surface area contributed by atoms with Crippen LogP contribution >= 0.6 is 0 Å². The maximum absolute atomic E-state index is 5.73. The SMILES string of the molecule is NCC(Cc1ccccc1)NC1CC1. The van der Waals surface area contributed by atoms with E-state index in [1.165, 1.54) is 18.4 Å². The van der Waals surface area contributed by atoms with Crippen molar-refractivity contribution in [2.24, 2.45) is 5.73 Å². The normalized spacial score (nSPS) is 18.1. The van der Waals surface area contributed by atoms with Crippen molar-refractivity contribution in [2.45, 2.75) is 31.3 Å². The molecule has 14 heavy (non-hydrogen) atoms. The molecule has 2 nitrogen and oxygen atoms in total. The number of hydrogen-bond acceptors (Lipinski definition) is 2. The third kappa shape index (κ3) is 2.82. The van der Waals surface area contributed by atoms with Crippen LogP contribution in [0.25, 0.3) is 0 Å². The number of benzene rings is 1. The van der Waals surface area contributed by atoms with Crippen molar-refractivity contribution in [3.05, 3.63) is 35.9 Å². The minimum atomic E-state index is 0.449. The van der Waals surface area contributed by atoms with E-state index in [0.29, 0.717) is 6.04 Å². The van der Waals surface area contributed by atoms with Crippen LogP contribution in [-0.2, 0) is 6.42 Å². The smallest absolute Gasteiger partial charge is 0.0233 e. The first kappa shape index (κ1) is 9.69. The standard InChI is InChI=1S/C12H18N2/c13-9-12(14-11-6-7-11)8-10-4-2-1-3-5-10/h1-5,11-12,14H,6-9,13H2. The Morgan fingerprint density at radius 2 is 2.00 bits per heavy atom. The van der Waals surface area contributed by atoms with Crippen LogP contribution in [0.3, 0.4) is 0 Å². The average molecular weight is 190 g/mol. The summed E-state index contributed by atoms with van der Waals surface area (Å²) < 4.78 is 0. The number of nitrogens with one attached hydrogen (secondary N) is 1. The molecular formula is C12H18N2. The van der Waals surface area contributed by atoms with Crippen LogP contribution < -0.4 is 11.1 Å². The van der Waals surface area contributed by atoms with Gasteiger partial charge in [-0.15, -0.1) is 0 Å². The molecule has 0 heterocycles. The van der Waals surface area contributed by atoms with Gasteiger partial charge >= 0.3 is 0 Å². The summed E-state index contributed by atoms with van der Waals surface area (Å²) in [5, 5.41) is 3.56. The summed E-state index contributed by atoms with van der Waals surface area (Å²) in [4.78, 5) is 0. The van der Waals surface area contributed by atoms with Gasteiger partial charge < -0.3 is 11.1 Å². The Morgan fingerprint density at radius 1 is 1.29 bits per heavy atom. The van der Waals surface area contributed by atoms with Gasteiger partial charge in [0.05, 0.1) is 0 Å². The lowest BCUT2D eigenvalue weighted by Gasteiger charge is -2.16. The fourth-order valence-corrected chi connectivity index (χ4v) is 1.69. The second kappa shape index (κ2) is 4.58. The first-order valence-electron chi connectivity index (χ1n) is 5.38. The Kier molecular flexibility index (Phi) is 3.17. The second-order valence-corrected chi connectivity index (χ2v) is 4.06. The molecule has 0 saturated heterocycles. The second-order valence-electron chi connectivity index (χ2n) is 4.06. The van der Waals surface area contributed by atoms with Gasteiger partial charge in [-0.3, -0.25) is 0 Å². The molecule has 1 aliphatic rings. The third-order valence-corrected chi connectivity index (χ3v) is 2.66. The third-order valence-electron chi connectivity index (χ3n) is 2.66. The molecule has 76 valence electrons. The first-order chi connectivity index (χ1) is 6.88. The minimum Gasteiger partial charge on any atom is -0.329 e. The van der Waals surface area contributed by atoms with Crippen molar-refractivity contribution >= 4 is 0 Å². The molecule has 0 amide bonds. The van der Waals surface area contributed by atoms with Crippen LogP contribution in [0.2, 0.25) is 0 Å². The zero-order chi connectivity index (χ0) is 9.80. The van der Waals surface area contributed by atoms with Crippen molar-refractivity contribution in [2.75, 3.05) is 6.54 Å². The minimum absolute atomic E-state index is 0.449. The van der Waals surface area contributed by atoms with E-state index in [0.717, 1.165) is 19.0 Å². The fourth-order valence-electron chi connectivity index (χ4n) is 1.69. The van der Waals surface area contributed by atoms with E-state index >= 15 is 0 Å². The molecule has 1 atom stereocenters. The molecule has 2 rings (SSSR count). The van der Waals surface area contributed by atoms with Crippen LogP contribution in [0, 0.1) is 0 Å². The summed E-state index contributed by atoms with van der Waals surface area (Å²) in [5.74, 6) is 0. The summed E-state index contributed by atoms with van der Waals surface area (Å²) in [7, 11) is 0. The maximum atomic E-state index is 5.73. The lowest BCUT2D eigenvalue weighted by atomic mass is 10.1. The highest BCUT2D eigenvalue weighted by molar-refractivity contribution is 5.16.